The normalized spacial score (nSPS) is 9.91. The molecule has 23 heavy (non-hydrogen) atoms. The Bertz CT molecular complexity index is 495. The van der Waals surface area contributed by atoms with Crippen LogP contribution in [0.1, 0.15) is 37.6 Å². The predicted molar refractivity (Wildman–Crippen MR) is 96.5 cm³/mol. The summed E-state index contributed by atoms with van der Waals surface area (Å²) < 4.78 is 0. The summed E-state index contributed by atoms with van der Waals surface area (Å²) in [4.78, 5) is 24.0. The quantitative estimate of drug-likeness (QED) is 0.547. The van der Waals surface area contributed by atoms with Gasteiger partial charge in [0.25, 0.3) is 5.91 Å². The van der Waals surface area contributed by atoms with Crippen LogP contribution in [0.15, 0.2) is 24.3 Å². The molecule has 1 rings (SSSR count). The minimum atomic E-state index is -0.320. The van der Waals surface area contributed by atoms with Gasteiger partial charge in [0.2, 0.25) is 0 Å². The number of hydrogen-bond donors (Lipinski definition) is 4. The Morgan fingerprint density at radius 3 is 2.43 bits per heavy atom. The monoisotopic (exact) mass is 342 g/mol. The van der Waals surface area contributed by atoms with Gasteiger partial charge in [0.15, 0.2) is 0 Å². The van der Waals surface area contributed by atoms with Crippen molar-refractivity contribution in [2.75, 3.05) is 25.0 Å². The van der Waals surface area contributed by atoms with Crippen LogP contribution < -0.4 is 21.3 Å². The van der Waals surface area contributed by atoms with Gasteiger partial charge in [0.1, 0.15) is 0 Å². The van der Waals surface area contributed by atoms with Crippen molar-refractivity contribution >= 4 is 30.0 Å². The Morgan fingerprint density at radius 1 is 1.09 bits per heavy atom. The standard InChI is InChI=1S/C16H26N4O2.ClH/c1-4-9-17-10-11-18-15(21)13-7-5-6-8-14(13)20-16(22)19-12(2)3;/h5-8,12,17H,4,9-11H2,1-3H3,(H,18,21)(H2,19,20,22);1H. The van der Waals surface area contributed by atoms with Gasteiger partial charge in [-0.05, 0) is 38.9 Å². The van der Waals surface area contributed by atoms with Gasteiger partial charge in [-0.15, -0.1) is 12.4 Å². The van der Waals surface area contributed by atoms with Crippen molar-refractivity contribution in [2.24, 2.45) is 0 Å². The van der Waals surface area contributed by atoms with Crippen LogP contribution in [0, 0.1) is 0 Å². The third-order valence-corrected chi connectivity index (χ3v) is 2.85. The van der Waals surface area contributed by atoms with Gasteiger partial charge in [0, 0.05) is 19.1 Å². The molecule has 6 nitrogen and oxygen atoms in total. The second-order valence-corrected chi connectivity index (χ2v) is 5.30. The lowest BCUT2D eigenvalue weighted by Gasteiger charge is -2.13. The van der Waals surface area contributed by atoms with Crippen molar-refractivity contribution in [1.29, 1.82) is 0 Å². The number of halogens is 1. The molecule has 0 unspecified atom stereocenters. The van der Waals surface area contributed by atoms with Gasteiger partial charge in [0.05, 0.1) is 11.3 Å². The lowest BCUT2D eigenvalue weighted by molar-refractivity contribution is 0.0955. The molecule has 0 heterocycles. The van der Waals surface area contributed by atoms with Gasteiger partial charge in [-0.2, -0.15) is 0 Å². The molecule has 0 saturated carbocycles. The van der Waals surface area contributed by atoms with E-state index in [0.29, 0.717) is 17.8 Å². The molecule has 0 aliphatic heterocycles. The Labute approximate surface area is 144 Å². The number of para-hydroxylation sites is 1. The van der Waals surface area contributed by atoms with E-state index in [1.54, 1.807) is 24.3 Å². The van der Waals surface area contributed by atoms with E-state index in [4.69, 9.17) is 0 Å². The van der Waals surface area contributed by atoms with Gasteiger partial charge < -0.3 is 21.3 Å². The summed E-state index contributed by atoms with van der Waals surface area (Å²) in [5, 5.41) is 11.5. The fourth-order valence-electron chi connectivity index (χ4n) is 1.87. The Balaban J connectivity index is 0.00000484. The largest absolute Gasteiger partial charge is 0.351 e. The van der Waals surface area contributed by atoms with Crippen LogP contribution in [0.25, 0.3) is 0 Å². The smallest absolute Gasteiger partial charge is 0.319 e. The summed E-state index contributed by atoms with van der Waals surface area (Å²) in [5.41, 5.74) is 0.955. The molecule has 1 aromatic rings. The van der Waals surface area contributed by atoms with Crippen LogP contribution in [0.2, 0.25) is 0 Å². The molecule has 130 valence electrons. The average Bonchev–Trinajstić information content (AvgIpc) is 2.46. The van der Waals surface area contributed by atoms with Crippen molar-refractivity contribution in [3.8, 4) is 0 Å². The van der Waals surface area contributed by atoms with Crippen LogP contribution >= 0.6 is 12.4 Å². The van der Waals surface area contributed by atoms with Crippen LogP contribution in [-0.2, 0) is 0 Å². The van der Waals surface area contributed by atoms with E-state index in [9.17, 15) is 9.59 Å². The van der Waals surface area contributed by atoms with Gasteiger partial charge in [-0.3, -0.25) is 4.79 Å². The number of anilines is 1. The molecule has 0 fully saturated rings. The molecule has 3 amide bonds. The zero-order valence-electron chi connectivity index (χ0n) is 13.9. The van der Waals surface area contributed by atoms with Crippen molar-refractivity contribution < 1.29 is 9.59 Å². The molecule has 0 bridgehead atoms. The number of urea groups is 1. The highest BCUT2D eigenvalue weighted by atomic mass is 35.5. The lowest BCUT2D eigenvalue weighted by atomic mass is 10.1. The maximum absolute atomic E-state index is 12.2. The highest BCUT2D eigenvalue weighted by molar-refractivity contribution is 6.03. The first-order chi connectivity index (χ1) is 10.5. The van der Waals surface area contributed by atoms with Crippen molar-refractivity contribution in [2.45, 2.75) is 33.2 Å². The van der Waals surface area contributed by atoms with E-state index >= 15 is 0 Å². The van der Waals surface area contributed by atoms with Crippen LogP contribution in [0.4, 0.5) is 10.5 Å². The average molecular weight is 343 g/mol. The van der Waals surface area contributed by atoms with E-state index in [2.05, 4.69) is 28.2 Å². The first-order valence-electron chi connectivity index (χ1n) is 7.70. The Kier molecular flexibility index (Phi) is 10.8. The molecule has 4 N–H and O–H groups in total. The summed E-state index contributed by atoms with van der Waals surface area (Å²) >= 11 is 0. The summed E-state index contributed by atoms with van der Waals surface area (Å²) in [7, 11) is 0. The van der Waals surface area contributed by atoms with Gasteiger partial charge >= 0.3 is 6.03 Å². The summed E-state index contributed by atoms with van der Waals surface area (Å²) in [6, 6.07) is 6.68. The lowest BCUT2D eigenvalue weighted by Crippen LogP contribution is -2.35. The molecule has 0 aliphatic rings. The molecule has 0 saturated heterocycles. The SMILES string of the molecule is CCCNCCNC(=O)c1ccccc1NC(=O)NC(C)C.Cl. The summed E-state index contributed by atoms with van der Waals surface area (Å²) in [6.45, 7) is 8.05. The number of nitrogens with one attached hydrogen (secondary N) is 4. The van der Waals surface area contributed by atoms with Crippen molar-refractivity contribution in [3.63, 3.8) is 0 Å². The number of rotatable bonds is 8. The number of hydrogen-bond acceptors (Lipinski definition) is 3. The zero-order chi connectivity index (χ0) is 16.4. The molecule has 0 spiro atoms. The Morgan fingerprint density at radius 2 is 1.78 bits per heavy atom. The van der Waals surface area contributed by atoms with Crippen LogP contribution in [0.5, 0.6) is 0 Å². The first-order valence-corrected chi connectivity index (χ1v) is 7.70. The van der Waals surface area contributed by atoms with Crippen molar-refractivity contribution in [3.05, 3.63) is 29.8 Å². The summed E-state index contributed by atoms with van der Waals surface area (Å²) in [5.74, 6) is -0.196. The minimum absolute atomic E-state index is 0. The van der Waals surface area contributed by atoms with E-state index in [1.807, 2.05) is 13.8 Å². The second kappa shape index (κ2) is 11.7. The third kappa shape index (κ3) is 8.42. The third-order valence-electron chi connectivity index (χ3n) is 2.85. The highest BCUT2D eigenvalue weighted by Crippen LogP contribution is 2.14. The van der Waals surface area contributed by atoms with Crippen molar-refractivity contribution in [1.82, 2.24) is 16.0 Å². The predicted octanol–water partition coefficient (Wildman–Crippen LogP) is 2.37. The zero-order valence-corrected chi connectivity index (χ0v) is 14.8. The maximum atomic E-state index is 12.2. The van der Waals surface area contributed by atoms with Crippen LogP contribution in [0.3, 0.4) is 0 Å². The topological polar surface area (TPSA) is 82.3 Å². The van der Waals surface area contributed by atoms with E-state index in [1.165, 1.54) is 0 Å². The Hall–Kier alpha value is -1.79. The van der Waals surface area contributed by atoms with E-state index in [0.717, 1.165) is 19.5 Å². The minimum Gasteiger partial charge on any atom is -0.351 e. The number of carbonyl (C=O) groups excluding carboxylic acids is 2. The fourth-order valence-corrected chi connectivity index (χ4v) is 1.87. The van der Waals surface area contributed by atoms with Gasteiger partial charge in [-0.1, -0.05) is 19.1 Å². The molecular formula is C16H27ClN4O2. The molecule has 7 heteroatoms. The second-order valence-electron chi connectivity index (χ2n) is 5.30. The molecule has 0 radical (unpaired) electrons. The summed E-state index contributed by atoms with van der Waals surface area (Å²) in [6.07, 6.45) is 1.06. The van der Waals surface area contributed by atoms with E-state index < -0.39 is 0 Å². The maximum Gasteiger partial charge on any atom is 0.319 e. The highest BCUT2D eigenvalue weighted by Gasteiger charge is 2.12. The molecule has 0 aliphatic carbocycles. The molecule has 1 aromatic carbocycles. The molecule has 0 aromatic heterocycles. The first kappa shape index (κ1) is 21.2. The van der Waals surface area contributed by atoms with Crippen LogP contribution in [-0.4, -0.2) is 37.6 Å². The fraction of sp³-hybridized carbons (Fsp3) is 0.500. The van der Waals surface area contributed by atoms with E-state index in [-0.39, 0.29) is 30.4 Å². The van der Waals surface area contributed by atoms with Gasteiger partial charge in [-0.25, -0.2) is 4.79 Å². The number of benzene rings is 1. The molecular weight excluding hydrogens is 316 g/mol. The molecule has 0 atom stereocenters. The number of carbonyl (C=O) groups is 2. The number of amides is 3.